The highest BCUT2D eigenvalue weighted by molar-refractivity contribution is 14.1. The van der Waals surface area contributed by atoms with Crippen LogP contribution in [0.4, 0.5) is 0 Å². The number of aliphatic hydroxyl groups excluding tert-OH is 1. The van der Waals surface area contributed by atoms with Crippen LogP contribution in [0, 0.1) is 3.57 Å². The molecule has 0 amide bonds. The molecule has 1 aromatic heterocycles. The number of aliphatic hydroxyl groups is 1. The van der Waals surface area contributed by atoms with Gasteiger partial charge in [0.05, 0.1) is 16.3 Å². The van der Waals surface area contributed by atoms with E-state index < -0.39 is 14.4 Å². The van der Waals surface area contributed by atoms with Gasteiger partial charge in [-0.2, -0.15) is 0 Å². The first-order valence-electron chi connectivity index (χ1n) is 14.3. The van der Waals surface area contributed by atoms with Crippen LogP contribution in [0.5, 0.6) is 5.75 Å². The van der Waals surface area contributed by atoms with E-state index in [0.717, 1.165) is 25.2 Å². The fraction of sp³-hybridized carbons (Fsp3) is 0.424. The summed E-state index contributed by atoms with van der Waals surface area (Å²) in [5, 5.41) is 14.6. The van der Waals surface area contributed by atoms with Gasteiger partial charge in [0.15, 0.2) is 14.9 Å². The van der Waals surface area contributed by atoms with Crippen molar-refractivity contribution < 1.29 is 19.1 Å². The smallest absolute Gasteiger partial charge is 0.202 e. The summed E-state index contributed by atoms with van der Waals surface area (Å²) in [5.74, 6) is 1.22. The topological polar surface area (TPSA) is 60.7 Å². The van der Waals surface area contributed by atoms with E-state index in [4.69, 9.17) is 20.8 Å². The van der Waals surface area contributed by atoms with Gasteiger partial charge in [-0.3, -0.25) is 4.79 Å². The monoisotopic (exact) mass is 703 g/mol. The van der Waals surface area contributed by atoms with Crippen molar-refractivity contribution in [3.8, 4) is 5.75 Å². The van der Waals surface area contributed by atoms with E-state index in [9.17, 15) is 9.90 Å². The zero-order valence-electron chi connectivity index (χ0n) is 24.5. The van der Waals surface area contributed by atoms with Crippen LogP contribution in [0.1, 0.15) is 61.9 Å². The first-order valence-corrected chi connectivity index (χ1v) is 18.7. The van der Waals surface area contributed by atoms with Gasteiger partial charge in [0.25, 0.3) is 0 Å². The number of aryl methyl sites for hydroxylation is 1. The number of halogens is 2. The summed E-state index contributed by atoms with van der Waals surface area (Å²) in [6.07, 6.45) is 4.34. The molecule has 1 N–H and O–H groups in total. The summed E-state index contributed by atoms with van der Waals surface area (Å²) in [5.41, 5.74) is 3.00. The van der Waals surface area contributed by atoms with E-state index in [1.165, 1.54) is 18.4 Å². The van der Waals surface area contributed by atoms with E-state index >= 15 is 0 Å². The number of benzene rings is 3. The molecule has 0 spiro atoms. The fourth-order valence-corrected chi connectivity index (χ4v) is 6.70. The van der Waals surface area contributed by atoms with Gasteiger partial charge in [-0.1, -0.05) is 50.6 Å². The summed E-state index contributed by atoms with van der Waals surface area (Å²) in [7, 11) is -1.93. The van der Waals surface area contributed by atoms with Crippen molar-refractivity contribution in [3.05, 3.63) is 74.4 Å². The molecule has 218 valence electrons. The quantitative estimate of drug-likeness (QED) is 0.0963. The van der Waals surface area contributed by atoms with Crippen LogP contribution in [0.2, 0.25) is 23.2 Å². The minimum absolute atomic E-state index is 0.0540. The molecule has 1 aliphatic rings. The van der Waals surface area contributed by atoms with Crippen LogP contribution < -0.4 is 4.74 Å². The molecule has 0 aliphatic heterocycles. The molecule has 1 atom stereocenters. The van der Waals surface area contributed by atoms with Gasteiger partial charge < -0.3 is 18.8 Å². The number of aromatic nitrogens is 1. The Balaban J connectivity index is 1.32. The lowest BCUT2D eigenvalue weighted by Gasteiger charge is -2.36. The standard InChI is InChI=1S/C33H39ClINO4Si/c1-33(2,3)41(4,5)40-19-26(37)12-13-36-18-28(27-11-9-22(16-30(27)36)21-6-7-21)31(38)20-39-32-17-23-8-10-25(34)14-24(23)15-29(32)35/h8-11,14-18,21,26,37H,6-7,12-13,19-20H2,1-5H3/t26-/m1/s1. The summed E-state index contributed by atoms with van der Waals surface area (Å²) in [6.45, 7) is 11.9. The molecule has 8 heteroatoms. The van der Waals surface area contributed by atoms with Crippen LogP contribution in [0.15, 0.2) is 54.7 Å². The van der Waals surface area contributed by atoms with Crippen molar-refractivity contribution >= 4 is 70.0 Å². The average Bonchev–Trinajstić information content (AvgIpc) is 3.70. The summed E-state index contributed by atoms with van der Waals surface area (Å²) >= 11 is 8.39. The summed E-state index contributed by atoms with van der Waals surface area (Å²) < 4.78 is 15.4. The summed E-state index contributed by atoms with van der Waals surface area (Å²) in [4.78, 5) is 13.5. The van der Waals surface area contributed by atoms with Gasteiger partial charge in [0.2, 0.25) is 5.78 Å². The number of fused-ring (bicyclic) bond motifs is 2. The largest absolute Gasteiger partial charge is 0.484 e. The third-order valence-corrected chi connectivity index (χ3v) is 14.2. The van der Waals surface area contributed by atoms with E-state index in [0.29, 0.717) is 41.8 Å². The normalized spacial score (nSPS) is 15.0. The van der Waals surface area contributed by atoms with Gasteiger partial charge in [-0.15, -0.1) is 0 Å². The molecule has 5 nitrogen and oxygen atoms in total. The molecular formula is C33H39ClINO4Si. The Morgan fingerprint density at radius 2 is 1.88 bits per heavy atom. The van der Waals surface area contributed by atoms with Crippen LogP contribution in [0.3, 0.4) is 0 Å². The third kappa shape index (κ3) is 7.01. The zero-order valence-corrected chi connectivity index (χ0v) is 28.4. The first kappa shape index (κ1) is 30.5. The number of hydrogen-bond acceptors (Lipinski definition) is 4. The Morgan fingerprint density at radius 3 is 2.59 bits per heavy atom. The molecule has 5 rings (SSSR count). The predicted octanol–water partition coefficient (Wildman–Crippen LogP) is 8.96. The molecule has 0 unspecified atom stereocenters. The fourth-order valence-electron chi connectivity index (χ4n) is 4.83. The lowest BCUT2D eigenvalue weighted by molar-refractivity contribution is 0.0894. The van der Waals surface area contributed by atoms with E-state index in [-0.39, 0.29) is 17.4 Å². The molecule has 0 saturated heterocycles. The number of rotatable bonds is 11. The lowest BCUT2D eigenvalue weighted by Crippen LogP contribution is -2.42. The maximum atomic E-state index is 13.5. The third-order valence-electron chi connectivity index (χ3n) is 8.61. The molecule has 4 aromatic rings. The Morgan fingerprint density at radius 1 is 1.12 bits per heavy atom. The number of carbonyl (C=O) groups is 1. The molecule has 1 heterocycles. The average molecular weight is 704 g/mol. The Bertz CT molecular complexity index is 1590. The van der Waals surface area contributed by atoms with E-state index in [1.807, 2.05) is 36.5 Å². The minimum Gasteiger partial charge on any atom is -0.484 e. The van der Waals surface area contributed by atoms with Gasteiger partial charge in [-0.25, -0.2) is 0 Å². The van der Waals surface area contributed by atoms with Gasteiger partial charge in [0, 0.05) is 34.2 Å². The lowest BCUT2D eigenvalue weighted by atomic mass is 10.1. The second kappa shape index (κ2) is 12.0. The Hall–Kier alpha value is -1.91. The molecule has 0 bridgehead atoms. The highest BCUT2D eigenvalue weighted by Gasteiger charge is 2.37. The molecule has 1 aliphatic carbocycles. The van der Waals surface area contributed by atoms with E-state index in [2.05, 4.69) is 79.2 Å². The molecule has 1 saturated carbocycles. The predicted molar refractivity (Wildman–Crippen MR) is 179 cm³/mol. The highest BCUT2D eigenvalue weighted by atomic mass is 127. The van der Waals surface area contributed by atoms with E-state index in [1.54, 1.807) is 0 Å². The zero-order chi connectivity index (χ0) is 29.5. The maximum Gasteiger partial charge on any atom is 0.202 e. The number of hydrogen-bond donors (Lipinski definition) is 1. The second-order valence-electron chi connectivity index (χ2n) is 12.8. The van der Waals surface area contributed by atoms with Crippen LogP contribution >= 0.6 is 34.2 Å². The second-order valence-corrected chi connectivity index (χ2v) is 19.2. The molecular weight excluding hydrogens is 665 g/mol. The summed E-state index contributed by atoms with van der Waals surface area (Å²) in [6, 6.07) is 16.2. The maximum absolute atomic E-state index is 13.5. The van der Waals surface area contributed by atoms with Crippen LogP contribution in [-0.2, 0) is 11.0 Å². The van der Waals surface area contributed by atoms with Crippen molar-refractivity contribution in [2.24, 2.45) is 0 Å². The van der Waals surface area contributed by atoms with Gasteiger partial charge in [0.1, 0.15) is 5.75 Å². The molecule has 1 fully saturated rings. The van der Waals surface area contributed by atoms with Crippen molar-refractivity contribution in [2.75, 3.05) is 13.2 Å². The van der Waals surface area contributed by atoms with Crippen LogP contribution in [-0.4, -0.2) is 43.1 Å². The van der Waals surface area contributed by atoms with Crippen molar-refractivity contribution in [1.29, 1.82) is 0 Å². The van der Waals surface area contributed by atoms with Crippen molar-refractivity contribution in [1.82, 2.24) is 4.57 Å². The number of Topliss-reactive ketones (excluding diaryl/α,β-unsaturated/α-hetero) is 1. The van der Waals surface area contributed by atoms with Gasteiger partial charge in [-0.05, 0) is 113 Å². The van der Waals surface area contributed by atoms with Crippen LogP contribution in [0.25, 0.3) is 21.7 Å². The minimum atomic E-state index is -1.93. The number of ketones is 1. The highest BCUT2D eigenvalue weighted by Crippen LogP contribution is 2.41. The van der Waals surface area contributed by atoms with Gasteiger partial charge >= 0.3 is 0 Å². The first-order chi connectivity index (χ1) is 19.3. The van der Waals surface area contributed by atoms with Crippen molar-refractivity contribution in [3.63, 3.8) is 0 Å². The Labute approximate surface area is 262 Å². The van der Waals surface area contributed by atoms with Crippen molar-refractivity contribution in [2.45, 2.75) is 76.7 Å². The molecule has 3 aromatic carbocycles. The molecule has 0 radical (unpaired) electrons. The molecule has 41 heavy (non-hydrogen) atoms. The Kier molecular flexibility index (Phi) is 8.93. The number of carbonyl (C=O) groups excluding carboxylic acids is 1. The number of nitrogens with zero attached hydrogens (tertiary/aromatic N) is 1. The SMILES string of the molecule is CC(C)(C)[Si](C)(C)OC[C@H](O)CCn1cc(C(=O)COc2cc3ccc(Cl)cc3cc2I)c2ccc(C3CC3)cc21. The number of ether oxygens (including phenoxy) is 1.